The number of halogens is 1. The summed E-state index contributed by atoms with van der Waals surface area (Å²) >= 11 is 0. The first-order chi connectivity index (χ1) is 11.1. The van der Waals surface area contributed by atoms with Crippen LogP contribution >= 0.6 is 0 Å². The van der Waals surface area contributed by atoms with Gasteiger partial charge in [-0.2, -0.15) is 5.06 Å². The van der Waals surface area contributed by atoms with Crippen LogP contribution in [-0.2, 0) is 9.57 Å². The number of hydrogen-bond acceptors (Lipinski definition) is 4. The molecule has 120 valence electrons. The van der Waals surface area contributed by atoms with Crippen LogP contribution in [0.15, 0.2) is 54.6 Å². The zero-order valence-electron chi connectivity index (χ0n) is 12.8. The molecule has 1 aliphatic heterocycles. The van der Waals surface area contributed by atoms with Crippen LogP contribution in [0.3, 0.4) is 0 Å². The van der Waals surface area contributed by atoms with E-state index in [9.17, 15) is 9.18 Å². The van der Waals surface area contributed by atoms with E-state index in [1.165, 1.54) is 29.8 Å². The number of ether oxygens (including phenoxy) is 1. The minimum Gasteiger partial charge on any atom is -0.459 e. The molecular weight excluding hydrogens is 297 g/mol. The van der Waals surface area contributed by atoms with Crippen molar-refractivity contribution >= 4 is 5.97 Å². The lowest BCUT2D eigenvalue weighted by Crippen LogP contribution is -2.20. The molecule has 4 nitrogen and oxygen atoms in total. The van der Waals surface area contributed by atoms with Crippen molar-refractivity contribution in [3.05, 3.63) is 71.5 Å². The van der Waals surface area contributed by atoms with Crippen molar-refractivity contribution in [2.75, 3.05) is 13.7 Å². The lowest BCUT2D eigenvalue weighted by atomic mass is 10.0. The van der Waals surface area contributed by atoms with Gasteiger partial charge in [0.05, 0.1) is 11.6 Å². The third-order valence-corrected chi connectivity index (χ3v) is 3.90. The third kappa shape index (κ3) is 3.75. The van der Waals surface area contributed by atoms with E-state index in [4.69, 9.17) is 9.57 Å². The van der Waals surface area contributed by atoms with E-state index >= 15 is 0 Å². The normalized spacial score (nSPS) is 21.3. The van der Waals surface area contributed by atoms with Gasteiger partial charge in [0.1, 0.15) is 18.5 Å². The Morgan fingerprint density at radius 2 is 1.91 bits per heavy atom. The first-order valence-corrected chi connectivity index (χ1v) is 7.51. The smallest absolute Gasteiger partial charge is 0.338 e. The van der Waals surface area contributed by atoms with Gasteiger partial charge in [0.2, 0.25) is 0 Å². The molecule has 2 aromatic carbocycles. The fourth-order valence-electron chi connectivity index (χ4n) is 2.71. The van der Waals surface area contributed by atoms with Crippen molar-refractivity contribution < 1.29 is 18.8 Å². The quantitative estimate of drug-likeness (QED) is 0.811. The minimum absolute atomic E-state index is 0.144. The topological polar surface area (TPSA) is 38.8 Å². The highest BCUT2D eigenvalue weighted by atomic mass is 19.1. The van der Waals surface area contributed by atoms with Gasteiger partial charge in [-0.25, -0.2) is 9.18 Å². The Labute approximate surface area is 134 Å². The summed E-state index contributed by atoms with van der Waals surface area (Å²) in [5.41, 5.74) is 1.50. The minimum atomic E-state index is -0.473. The summed E-state index contributed by atoms with van der Waals surface area (Å²) in [6, 6.07) is 15.5. The van der Waals surface area contributed by atoms with Crippen molar-refractivity contribution in [1.29, 1.82) is 0 Å². The molecule has 0 unspecified atom stereocenters. The molecule has 0 saturated carbocycles. The molecule has 0 spiro atoms. The second-order valence-corrected chi connectivity index (χ2v) is 5.54. The molecule has 0 aromatic heterocycles. The van der Waals surface area contributed by atoms with Crippen LogP contribution in [0, 0.1) is 5.82 Å². The Balaban J connectivity index is 1.55. The SMILES string of the molecule is CN1O[C@@H](COC(=O)c2ccc(F)cc2)C[C@@H]1c1ccccc1. The number of hydroxylamine groups is 2. The molecule has 1 aliphatic rings. The highest BCUT2D eigenvalue weighted by molar-refractivity contribution is 5.89. The maximum Gasteiger partial charge on any atom is 0.338 e. The summed E-state index contributed by atoms with van der Waals surface area (Å²) in [5.74, 6) is -0.854. The van der Waals surface area contributed by atoms with Crippen LogP contribution in [0.25, 0.3) is 0 Å². The van der Waals surface area contributed by atoms with Gasteiger partial charge in [-0.1, -0.05) is 30.3 Å². The van der Waals surface area contributed by atoms with Gasteiger partial charge < -0.3 is 4.74 Å². The lowest BCUT2D eigenvalue weighted by molar-refractivity contribution is -0.153. The van der Waals surface area contributed by atoms with Crippen LogP contribution in [0.5, 0.6) is 0 Å². The highest BCUT2D eigenvalue weighted by Gasteiger charge is 2.32. The van der Waals surface area contributed by atoms with Gasteiger partial charge in [-0.05, 0) is 29.8 Å². The molecule has 0 radical (unpaired) electrons. The number of nitrogens with zero attached hydrogens (tertiary/aromatic N) is 1. The monoisotopic (exact) mass is 315 g/mol. The average molecular weight is 315 g/mol. The molecule has 0 bridgehead atoms. The summed E-state index contributed by atoms with van der Waals surface area (Å²) in [6.07, 6.45) is 0.562. The Hall–Kier alpha value is -2.24. The number of benzene rings is 2. The maximum atomic E-state index is 12.9. The first-order valence-electron chi connectivity index (χ1n) is 7.51. The highest BCUT2D eigenvalue weighted by Crippen LogP contribution is 2.32. The fraction of sp³-hybridized carbons (Fsp3) is 0.278. The van der Waals surface area contributed by atoms with E-state index < -0.39 is 5.97 Å². The summed E-state index contributed by atoms with van der Waals surface area (Å²) in [7, 11) is 1.87. The van der Waals surface area contributed by atoms with Crippen LogP contribution in [-0.4, -0.2) is 30.8 Å². The van der Waals surface area contributed by atoms with Crippen molar-refractivity contribution in [3.63, 3.8) is 0 Å². The summed E-state index contributed by atoms with van der Waals surface area (Å²) in [5, 5.41) is 1.80. The van der Waals surface area contributed by atoms with Gasteiger partial charge in [0.15, 0.2) is 0 Å². The van der Waals surface area contributed by atoms with Gasteiger partial charge in [-0.15, -0.1) is 0 Å². The number of carbonyl (C=O) groups excluding carboxylic acids is 1. The van der Waals surface area contributed by atoms with E-state index in [1.54, 1.807) is 5.06 Å². The fourth-order valence-corrected chi connectivity index (χ4v) is 2.71. The summed E-state index contributed by atoms with van der Waals surface area (Å²) in [4.78, 5) is 17.7. The van der Waals surface area contributed by atoms with Crippen LogP contribution in [0.4, 0.5) is 4.39 Å². The molecule has 1 heterocycles. The molecule has 23 heavy (non-hydrogen) atoms. The van der Waals surface area contributed by atoms with Gasteiger partial charge in [-0.3, -0.25) is 4.84 Å². The van der Waals surface area contributed by atoms with E-state index in [1.807, 2.05) is 25.2 Å². The van der Waals surface area contributed by atoms with Gasteiger partial charge in [0.25, 0.3) is 0 Å². The Kier molecular flexibility index (Phi) is 4.69. The van der Waals surface area contributed by atoms with Crippen molar-refractivity contribution in [2.45, 2.75) is 18.6 Å². The molecule has 1 fully saturated rings. The second-order valence-electron chi connectivity index (χ2n) is 5.54. The van der Waals surface area contributed by atoms with E-state index in [2.05, 4.69) is 12.1 Å². The standard InChI is InChI=1S/C18H18FNO3/c1-20-17(13-5-3-2-4-6-13)11-16(23-20)12-22-18(21)14-7-9-15(19)10-8-14/h2-10,16-17H,11-12H2,1H3/t16-,17-/m1/s1. The lowest BCUT2D eigenvalue weighted by Gasteiger charge is -2.17. The number of esters is 1. The predicted octanol–water partition coefficient (Wildman–Crippen LogP) is 3.36. The number of rotatable bonds is 4. The predicted molar refractivity (Wildman–Crippen MR) is 83.1 cm³/mol. The summed E-state index contributed by atoms with van der Waals surface area (Å²) in [6.45, 7) is 0.171. The zero-order valence-corrected chi connectivity index (χ0v) is 12.8. The largest absolute Gasteiger partial charge is 0.459 e. The van der Waals surface area contributed by atoms with Gasteiger partial charge in [0, 0.05) is 13.5 Å². The Morgan fingerprint density at radius 3 is 2.61 bits per heavy atom. The Morgan fingerprint density at radius 1 is 1.22 bits per heavy atom. The average Bonchev–Trinajstić information content (AvgIpc) is 2.95. The van der Waals surface area contributed by atoms with E-state index in [0.717, 1.165) is 6.42 Å². The molecule has 2 atom stereocenters. The third-order valence-electron chi connectivity index (χ3n) is 3.90. The number of hydrogen-bond donors (Lipinski definition) is 0. The van der Waals surface area contributed by atoms with E-state index in [-0.39, 0.29) is 24.6 Å². The van der Waals surface area contributed by atoms with Crippen molar-refractivity contribution in [1.82, 2.24) is 5.06 Å². The maximum absolute atomic E-state index is 12.9. The van der Waals surface area contributed by atoms with Crippen molar-refractivity contribution in [2.24, 2.45) is 0 Å². The molecule has 5 heteroatoms. The number of carbonyl (C=O) groups is 1. The van der Waals surface area contributed by atoms with Crippen molar-refractivity contribution in [3.8, 4) is 0 Å². The Bertz CT molecular complexity index is 660. The van der Waals surface area contributed by atoms with Crippen LogP contribution < -0.4 is 0 Å². The second kappa shape index (κ2) is 6.89. The zero-order chi connectivity index (χ0) is 16.2. The molecule has 0 N–H and O–H groups in total. The van der Waals surface area contributed by atoms with Gasteiger partial charge >= 0.3 is 5.97 Å². The molecule has 1 saturated heterocycles. The first kappa shape index (κ1) is 15.6. The molecule has 0 aliphatic carbocycles. The molecule has 3 rings (SSSR count). The molecule has 0 amide bonds. The summed E-state index contributed by atoms with van der Waals surface area (Å²) < 4.78 is 18.1. The van der Waals surface area contributed by atoms with Crippen LogP contribution in [0.1, 0.15) is 28.4 Å². The van der Waals surface area contributed by atoms with E-state index in [0.29, 0.717) is 5.56 Å². The van der Waals surface area contributed by atoms with Crippen LogP contribution in [0.2, 0.25) is 0 Å². The molecule has 2 aromatic rings. The molecular formula is C18H18FNO3.